The largest absolute Gasteiger partial charge is 0.447 e. The first-order valence-electron chi connectivity index (χ1n) is 5.00. The molecule has 1 aromatic rings. The van der Waals surface area contributed by atoms with E-state index in [4.69, 9.17) is 15.3 Å². The molecule has 4 N–H and O–H groups in total. The van der Waals surface area contributed by atoms with Crippen molar-refractivity contribution in [3.8, 4) is 0 Å². The Morgan fingerprint density at radius 3 is 2.69 bits per heavy atom. The Morgan fingerprint density at radius 1 is 1.50 bits per heavy atom. The summed E-state index contributed by atoms with van der Waals surface area (Å²) in [5.74, 6) is 0.425. The fourth-order valence-corrected chi connectivity index (χ4v) is 2.79. The second kappa shape index (κ2) is 4.17. The Morgan fingerprint density at radius 2 is 2.19 bits per heavy atom. The van der Waals surface area contributed by atoms with Gasteiger partial charge in [0.25, 0.3) is 10.0 Å². The molecule has 0 aromatic carbocycles. The molecular weight excluding hydrogens is 232 g/mol. The monoisotopic (exact) mass is 246 g/mol. The zero-order valence-corrected chi connectivity index (χ0v) is 9.40. The van der Waals surface area contributed by atoms with Crippen LogP contribution in [0.5, 0.6) is 0 Å². The van der Waals surface area contributed by atoms with E-state index in [-0.39, 0.29) is 17.7 Å². The summed E-state index contributed by atoms with van der Waals surface area (Å²) in [5, 5.41) is 8.92. The molecule has 0 atom stereocenters. The van der Waals surface area contributed by atoms with Gasteiger partial charge in [-0.1, -0.05) is 0 Å². The molecule has 1 fully saturated rings. The van der Waals surface area contributed by atoms with Crippen LogP contribution in [0.25, 0.3) is 0 Å². The highest BCUT2D eigenvalue weighted by Gasteiger charge is 2.32. The fourth-order valence-electron chi connectivity index (χ4n) is 1.57. The van der Waals surface area contributed by atoms with Crippen LogP contribution in [0, 0.1) is 0 Å². The van der Waals surface area contributed by atoms with Gasteiger partial charge in [-0.3, -0.25) is 0 Å². The van der Waals surface area contributed by atoms with E-state index >= 15 is 0 Å². The third-order valence-electron chi connectivity index (χ3n) is 2.54. The Bertz CT molecular complexity index is 462. The maximum absolute atomic E-state index is 11.7. The van der Waals surface area contributed by atoms with Crippen LogP contribution >= 0.6 is 0 Å². The third kappa shape index (κ3) is 2.27. The quantitative estimate of drug-likeness (QED) is 0.666. The number of aliphatic hydroxyl groups excluding tert-OH is 1. The number of nitrogens with one attached hydrogen (secondary N) is 1. The zero-order valence-electron chi connectivity index (χ0n) is 8.59. The topological polar surface area (TPSA) is 106 Å². The highest BCUT2D eigenvalue weighted by molar-refractivity contribution is 7.89. The van der Waals surface area contributed by atoms with Gasteiger partial charge in [-0.15, -0.1) is 0 Å². The van der Waals surface area contributed by atoms with E-state index < -0.39 is 16.1 Å². The van der Waals surface area contributed by atoms with Gasteiger partial charge in [0.05, 0.1) is 12.6 Å². The molecule has 1 saturated carbocycles. The molecule has 0 spiro atoms. The minimum atomic E-state index is -3.62. The van der Waals surface area contributed by atoms with E-state index in [0.29, 0.717) is 18.6 Å². The van der Waals surface area contributed by atoms with Crippen molar-refractivity contribution in [2.45, 2.75) is 36.6 Å². The standard InChI is InChI=1S/C9H14N2O4S/c10-5-8-1-2-9(15-8)16(13,14)11-6-3-7(12)4-6/h1-2,6-7,11-12H,3-5,10H2. The van der Waals surface area contributed by atoms with E-state index in [2.05, 4.69) is 4.72 Å². The molecule has 2 rings (SSSR count). The highest BCUT2D eigenvalue weighted by atomic mass is 32.2. The van der Waals surface area contributed by atoms with E-state index in [1.807, 2.05) is 0 Å². The van der Waals surface area contributed by atoms with Gasteiger partial charge < -0.3 is 15.3 Å². The Kier molecular flexibility index (Phi) is 3.02. The molecule has 6 nitrogen and oxygen atoms in total. The van der Waals surface area contributed by atoms with E-state index in [9.17, 15) is 8.42 Å². The molecule has 0 unspecified atom stereocenters. The SMILES string of the molecule is NCc1ccc(S(=O)(=O)NC2CC(O)C2)o1. The maximum Gasteiger partial charge on any atom is 0.274 e. The van der Waals surface area contributed by atoms with Crippen molar-refractivity contribution in [1.29, 1.82) is 0 Å². The lowest BCUT2D eigenvalue weighted by molar-refractivity contribution is 0.0710. The Hall–Kier alpha value is -0.890. The number of hydrogen-bond donors (Lipinski definition) is 3. The summed E-state index contributed by atoms with van der Waals surface area (Å²) in [6.45, 7) is 0.164. The maximum atomic E-state index is 11.7. The predicted molar refractivity (Wildman–Crippen MR) is 55.9 cm³/mol. The van der Waals surface area contributed by atoms with Gasteiger partial charge in [0, 0.05) is 6.04 Å². The van der Waals surface area contributed by atoms with Crippen molar-refractivity contribution >= 4 is 10.0 Å². The molecule has 1 heterocycles. The molecule has 1 aliphatic rings. The van der Waals surface area contributed by atoms with Crippen LogP contribution in [-0.4, -0.2) is 25.7 Å². The van der Waals surface area contributed by atoms with Gasteiger partial charge in [-0.2, -0.15) is 0 Å². The van der Waals surface area contributed by atoms with Crippen molar-refractivity contribution in [2.24, 2.45) is 5.73 Å². The lowest BCUT2D eigenvalue weighted by atomic mass is 9.91. The van der Waals surface area contributed by atoms with Gasteiger partial charge in [0.15, 0.2) is 0 Å². The molecular formula is C9H14N2O4S. The van der Waals surface area contributed by atoms with Crippen molar-refractivity contribution < 1.29 is 17.9 Å². The number of furan rings is 1. The molecule has 16 heavy (non-hydrogen) atoms. The summed E-state index contributed by atoms with van der Waals surface area (Å²) in [7, 11) is -3.62. The Balaban J connectivity index is 2.06. The van der Waals surface area contributed by atoms with Crippen LogP contribution < -0.4 is 10.5 Å². The normalized spacial score (nSPS) is 25.4. The second-order valence-corrected chi connectivity index (χ2v) is 5.51. The molecule has 0 amide bonds. The average Bonchev–Trinajstić information content (AvgIpc) is 2.63. The van der Waals surface area contributed by atoms with Crippen molar-refractivity contribution in [1.82, 2.24) is 4.72 Å². The minimum Gasteiger partial charge on any atom is -0.447 e. The smallest absolute Gasteiger partial charge is 0.274 e. The van der Waals surface area contributed by atoms with Crippen molar-refractivity contribution in [2.75, 3.05) is 0 Å². The van der Waals surface area contributed by atoms with Crippen LogP contribution in [0.4, 0.5) is 0 Å². The summed E-state index contributed by atoms with van der Waals surface area (Å²) in [4.78, 5) is 0. The van der Waals surface area contributed by atoms with Gasteiger partial charge in [0.2, 0.25) is 5.09 Å². The van der Waals surface area contributed by atoms with Gasteiger partial charge in [-0.25, -0.2) is 13.1 Å². The van der Waals surface area contributed by atoms with Crippen LogP contribution in [0.3, 0.4) is 0 Å². The first kappa shape index (κ1) is 11.6. The van der Waals surface area contributed by atoms with Crippen molar-refractivity contribution in [3.63, 3.8) is 0 Å². The average molecular weight is 246 g/mol. The lowest BCUT2D eigenvalue weighted by Crippen LogP contribution is -2.46. The molecule has 1 aliphatic carbocycles. The predicted octanol–water partition coefficient (Wildman–Crippen LogP) is -0.460. The molecule has 0 aliphatic heterocycles. The molecule has 0 saturated heterocycles. The van der Waals surface area contributed by atoms with Gasteiger partial charge >= 0.3 is 0 Å². The molecule has 1 aromatic heterocycles. The number of sulfonamides is 1. The third-order valence-corrected chi connectivity index (χ3v) is 3.93. The zero-order chi connectivity index (χ0) is 11.8. The summed E-state index contributed by atoms with van der Waals surface area (Å²) in [6, 6.07) is 2.70. The summed E-state index contributed by atoms with van der Waals surface area (Å²) < 4.78 is 31.0. The summed E-state index contributed by atoms with van der Waals surface area (Å²) in [5.41, 5.74) is 5.32. The summed E-state index contributed by atoms with van der Waals surface area (Å²) >= 11 is 0. The lowest BCUT2D eigenvalue weighted by Gasteiger charge is -2.31. The second-order valence-electron chi connectivity index (χ2n) is 3.87. The Labute approximate surface area is 93.5 Å². The van der Waals surface area contributed by atoms with Crippen LogP contribution in [0.15, 0.2) is 21.6 Å². The molecule has 0 radical (unpaired) electrons. The number of rotatable bonds is 4. The molecule has 7 heteroatoms. The van der Waals surface area contributed by atoms with Crippen LogP contribution in [-0.2, 0) is 16.6 Å². The summed E-state index contributed by atoms with van der Waals surface area (Å²) in [6.07, 6.45) is 0.497. The van der Waals surface area contributed by atoms with E-state index in [0.717, 1.165) is 0 Å². The highest BCUT2D eigenvalue weighted by Crippen LogP contribution is 2.22. The van der Waals surface area contributed by atoms with Crippen LogP contribution in [0.1, 0.15) is 18.6 Å². The van der Waals surface area contributed by atoms with Gasteiger partial charge in [-0.05, 0) is 25.0 Å². The minimum absolute atomic E-state index is 0.130. The fraction of sp³-hybridized carbons (Fsp3) is 0.556. The van der Waals surface area contributed by atoms with E-state index in [1.54, 1.807) is 0 Å². The number of nitrogens with two attached hydrogens (primary N) is 1. The van der Waals surface area contributed by atoms with E-state index in [1.165, 1.54) is 12.1 Å². The number of aliphatic hydroxyl groups is 1. The first-order chi connectivity index (χ1) is 7.51. The molecule has 90 valence electrons. The van der Waals surface area contributed by atoms with Crippen molar-refractivity contribution in [3.05, 3.63) is 17.9 Å². The van der Waals surface area contributed by atoms with Gasteiger partial charge in [0.1, 0.15) is 5.76 Å². The first-order valence-corrected chi connectivity index (χ1v) is 6.49. The van der Waals surface area contributed by atoms with Crippen LogP contribution in [0.2, 0.25) is 0 Å². The molecule has 0 bridgehead atoms. The number of hydrogen-bond acceptors (Lipinski definition) is 5.